The zero-order valence-electron chi connectivity index (χ0n) is 22.4. The molecule has 0 spiro atoms. The lowest BCUT2D eigenvalue weighted by molar-refractivity contribution is -0.139. The molecule has 1 atom stereocenters. The van der Waals surface area contributed by atoms with E-state index in [1.807, 2.05) is 4.90 Å². The third-order valence-corrected chi connectivity index (χ3v) is 6.95. The molecule has 1 fully saturated rings. The Morgan fingerprint density at radius 1 is 1.07 bits per heavy atom. The maximum absolute atomic E-state index is 14.2. The summed E-state index contributed by atoms with van der Waals surface area (Å²) in [5, 5.41) is 2.72. The molecule has 0 saturated carbocycles. The van der Waals surface area contributed by atoms with E-state index in [2.05, 4.69) is 11.9 Å². The Labute approximate surface area is 234 Å². The number of ether oxygens (including phenoxy) is 1. The number of esters is 1. The van der Waals surface area contributed by atoms with E-state index in [-0.39, 0.29) is 49.5 Å². The lowest BCUT2D eigenvalue weighted by Gasteiger charge is -2.40. The monoisotopic (exact) mass is 574 g/mol. The van der Waals surface area contributed by atoms with Gasteiger partial charge in [0.05, 0.1) is 29.3 Å². The van der Waals surface area contributed by atoms with Crippen LogP contribution in [0.15, 0.2) is 72.5 Å². The highest BCUT2D eigenvalue weighted by Crippen LogP contribution is 2.35. The summed E-state index contributed by atoms with van der Waals surface area (Å²) >= 11 is 0. The van der Waals surface area contributed by atoms with Crippen LogP contribution in [-0.2, 0) is 15.7 Å². The van der Waals surface area contributed by atoms with E-state index in [1.54, 1.807) is 13.0 Å². The summed E-state index contributed by atoms with van der Waals surface area (Å²) in [5.41, 5.74) is -0.177. The fourth-order valence-electron chi connectivity index (χ4n) is 4.89. The second-order valence-electron chi connectivity index (χ2n) is 9.53. The van der Waals surface area contributed by atoms with Crippen LogP contribution in [0.1, 0.15) is 34.5 Å². The number of nitrogens with zero attached hydrogens (tertiary/aromatic N) is 3. The van der Waals surface area contributed by atoms with Crippen LogP contribution in [0.4, 0.5) is 22.4 Å². The number of rotatable bonds is 8. The van der Waals surface area contributed by atoms with E-state index in [4.69, 9.17) is 4.74 Å². The number of benzene rings is 2. The number of alkyl halides is 3. The van der Waals surface area contributed by atoms with Crippen LogP contribution in [-0.4, -0.2) is 78.5 Å². The molecule has 4 rings (SSSR count). The third kappa shape index (κ3) is 6.59. The lowest BCUT2D eigenvalue weighted by atomic mass is 9.93. The van der Waals surface area contributed by atoms with Gasteiger partial charge in [0.2, 0.25) is 0 Å². The molecule has 1 saturated heterocycles. The second kappa shape index (κ2) is 12.5. The Kier molecular flexibility index (Phi) is 9.11. The molecule has 0 radical (unpaired) electrons. The van der Waals surface area contributed by atoms with Gasteiger partial charge in [-0.3, -0.25) is 14.6 Å². The number of hydrogen-bond acceptors (Lipinski definition) is 5. The summed E-state index contributed by atoms with van der Waals surface area (Å²) in [6.07, 6.45) is -3.05. The van der Waals surface area contributed by atoms with Crippen molar-refractivity contribution in [1.29, 1.82) is 0 Å². The lowest BCUT2D eigenvalue weighted by Crippen LogP contribution is -2.54. The molecule has 3 amide bonds. The van der Waals surface area contributed by atoms with E-state index in [9.17, 15) is 31.9 Å². The van der Waals surface area contributed by atoms with Crippen LogP contribution >= 0.6 is 0 Å². The Balaban J connectivity index is 1.64. The van der Waals surface area contributed by atoms with Crippen molar-refractivity contribution in [3.63, 3.8) is 0 Å². The number of hydrogen-bond donors (Lipinski definition) is 1. The number of halogens is 4. The summed E-state index contributed by atoms with van der Waals surface area (Å²) in [5.74, 6) is -1.75. The van der Waals surface area contributed by atoms with Crippen molar-refractivity contribution in [3.8, 4) is 0 Å². The summed E-state index contributed by atoms with van der Waals surface area (Å²) in [6.45, 7) is 6.85. The first kappa shape index (κ1) is 29.8. The predicted molar refractivity (Wildman–Crippen MR) is 142 cm³/mol. The zero-order chi connectivity index (χ0) is 29.7. The molecule has 2 aliphatic rings. The number of amides is 3. The van der Waals surface area contributed by atoms with Gasteiger partial charge in [-0.25, -0.2) is 14.0 Å². The van der Waals surface area contributed by atoms with Crippen molar-refractivity contribution in [1.82, 2.24) is 20.0 Å². The molecular weight excluding hydrogens is 544 g/mol. The quantitative estimate of drug-likeness (QED) is 0.288. The van der Waals surface area contributed by atoms with E-state index < -0.39 is 41.5 Å². The number of nitrogens with one attached hydrogen (secondary N) is 1. The Morgan fingerprint density at radius 3 is 2.32 bits per heavy atom. The molecule has 0 bridgehead atoms. The van der Waals surface area contributed by atoms with Crippen LogP contribution in [0.25, 0.3) is 0 Å². The van der Waals surface area contributed by atoms with Gasteiger partial charge in [-0.2, -0.15) is 13.2 Å². The molecule has 2 heterocycles. The van der Waals surface area contributed by atoms with Crippen molar-refractivity contribution in [2.75, 3.05) is 45.9 Å². The van der Waals surface area contributed by atoms with Gasteiger partial charge < -0.3 is 15.0 Å². The average Bonchev–Trinajstić information content (AvgIpc) is 2.94. The van der Waals surface area contributed by atoms with Crippen molar-refractivity contribution >= 4 is 17.9 Å². The van der Waals surface area contributed by atoms with Gasteiger partial charge in [-0.1, -0.05) is 30.3 Å². The van der Waals surface area contributed by atoms with E-state index >= 15 is 0 Å². The highest BCUT2D eigenvalue weighted by Gasteiger charge is 2.39. The maximum atomic E-state index is 14.2. The largest absolute Gasteiger partial charge is 0.463 e. The van der Waals surface area contributed by atoms with Gasteiger partial charge in [0, 0.05) is 45.0 Å². The number of carbonyl (C=O) groups is 3. The molecule has 1 N–H and O–H groups in total. The van der Waals surface area contributed by atoms with Crippen molar-refractivity contribution in [2.45, 2.75) is 19.1 Å². The molecule has 0 aliphatic carbocycles. The van der Waals surface area contributed by atoms with Crippen LogP contribution in [0.3, 0.4) is 0 Å². The minimum absolute atomic E-state index is 0.0197. The van der Waals surface area contributed by atoms with Crippen LogP contribution in [0.5, 0.6) is 0 Å². The van der Waals surface area contributed by atoms with Gasteiger partial charge in [0.25, 0.3) is 5.91 Å². The Morgan fingerprint density at radius 2 is 1.73 bits per heavy atom. The minimum Gasteiger partial charge on any atom is -0.463 e. The van der Waals surface area contributed by atoms with E-state index in [0.29, 0.717) is 18.8 Å². The fourth-order valence-corrected chi connectivity index (χ4v) is 4.89. The van der Waals surface area contributed by atoms with E-state index in [1.165, 1.54) is 46.2 Å². The summed E-state index contributed by atoms with van der Waals surface area (Å²) in [4.78, 5) is 44.1. The summed E-state index contributed by atoms with van der Waals surface area (Å²) in [7, 11) is 0. The molecule has 1 unspecified atom stereocenters. The third-order valence-electron chi connectivity index (χ3n) is 6.95. The highest BCUT2D eigenvalue weighted by molar-refractivity contribution is 5.95. The molecular formula is C29H30F4N4O4. The minimum atomic E-state index is -4.55. The Hall–Kier alpha value is -4.19. The summed E-state index contributed by atoms with van der Waals surface area (Å²) in [6, 6.07) is 8.38. The molecule has 2 aromatic carbocycles. The average molecular weight is 575 g/mol. The first-order valence-corrected chi connectivity index (χ1v) is 13.1. The zero-order valence-corrected chi connectivity index (χ0v) is 22.4. The molecule has 2 aromatic rings. The van der Waals surface area contributed by atoms with Gasteiger partial charge in [0.15, 0.2) is 0 Å². The van der Waals surface area contributed by atoms with Crippen LogP contribution in [0, 0.1) is 5.82 Å². The SMILES string of the molecule is C=CCN1C(=O)NC(c2ccc(C(F)(F)F)cc2)C(C(=O)OCC)=C1CN1CCN(C(=O)c2ccccc2F)CC1. The topological polar surface area (TPSA) is 82.2 Å². The van der Waals surface area contributed by atoms with Crippen molar-refractivity contribution in [2.24, 2.45) is 0 Å². The number of urea groups is 1. The van der Waals surface area contributed by atoms with Crippen molar-refractivity contribution < 1.29 is 36.7 Å². The van der Waals surface area contributed by atoms with E-state index in [0.717, 1.165) is 12.1 Å². The molecule has 218 valence electrons. The molecule has 0 aromatic heterocycles. The smallest absolute Gasteiger partial charge is 0.416 e. The van der Waals surface area contributed by atoms with Crippen LogP contribution < -0.4 is 5.32 Å². The first-order valence-electron chi connectivity index (χ1n) is 13.1. The standard InChI is InChI=1S/C29H30F4N4O4/c1-3-13-37-23(18-35-14-16-36(17-15-35)26(38)21-7-5-6-8-22(21)30)24(27(39)41-4-2)25(34-28(37)40)19-9-11-20(12-10-19)29(31,32)33/h3,5-12,25H,1,4,13-18H2,2H3,(H,34,40). The van der Waals surface area contributed by atoms with Crippen LogP contribution in [0.2, 0.25) is 0 Å². The Bertz CT molecular complexity index is 1340. The predicted octanol–water partition coefficient (Wildman–Crippen LogP) is 4.37. The number of carbonyl (C=O) groups excluding carboxylic acids is 3. The normalized spacial score (nSPS) is 18.3. The fraction of sp³-hybridized carbons (Fsp3) is 0.345. The van der Waals surface area contributed by atoms with Gasteiger partial charge in [-0.15, -0.1) is 6.58 Å². The van der Waals surface area contributed by atoms with Gasteiger partial charge >= 0.3 is 18.2 Å². The number of piperazine rings is 1. The molecule has 12 heteroatoms. The summed E-state index contributed by atoms with van der Waals surface area (Å²) < 4.78 is 59.0. The van der Waals surface area contributed by atoms with Gasteiger partial charge in [-0.05, 0) is 36.8 Å². The molecule has 8 nitrogen and oxygen atoms in total. The first-order chi connectivity index (χ1) is 19.5. The second-order valence-corrected chi connectivity index (χ2v) is 9.53. The maximum Gasteiger partial charge on any atom is 0.416 e. The highest BCUT2D eigenvalue weighted by atomic mass is 19.4. The molecule has 41 heavy (non-hydrogen) atoms. The van der Waals surface area contributed by atoms with Crippen molar-refractivity contribution in [3.05, 3.63) is 95.0 Å². The molecule has 2 aliphatic heterocycles. The van der Waals surface area contributed by atoms with Gasteiger partial charge in [0.1, 0.15) is 5.82 Å².